The summed E-state index contributed by atoms with van der Waals surface area (Å²) in [5.41, 5.74) is 5.40. The minimum absolute atomic E-state index is 0.0278. The van der Waals surface area contributed by atoms with Gasteiger partial charge in [-0.05, 0) is 61.7 Å². The summed E-state index contributed by atoms with van der Waals surface area (Å²) in [4.78, 5) is 28.8. The van der Waals surface area contributed by atoms with Crippen molar-refractivity contribution in [1.82, 2.24) is 9.78 Å². The molecule has 0 radical (unpaired) electrons. The Bertz CT molecular complexity index is 1330. The Morgan fingerprint density at radius 2 is 1.56 bits per heavy atom. The normalized spacial score (nSPS) is 16.5. The molecule has 2 amide bonds. The van der Waals surface area contributed by atoms with E-state index in [4.69, 9.17) is 5.73 Å². The van der Waals surface area contributed by atoms with Crippen LogP contribution in [0.4, 0.5) is 28.9 Å². The molecule has 3 heterocycles. The summed E-state index contributed by atoms with van der Waals surface area (Å²) in [6.45, 7) is 0.479. The topological polar surface area (TPSA) is 84.5 Å². The molecule has 0 aliphatic carbocycles. The van der Waals surface area contributed by atoms with Crippen LogP contribution in [0.3, 0.4) is 0 Å². The number of rotatable bonds is 4. The average molecular weight is 501 g/mol. The molecule has 0 saturated carbocycles. The quantitative estimate of drug-likeness (QED) is 0.543. The molecule has 0 bridgehead atoms. The van der Waals surface area contributed by atoms with Crippen LogP contribution >= 0.6 is 0 Å². The minimum atomic E-state index is -4.77. The lowest BCUT2D eigenvalue weighted by Gasteiger charge is -2.30. The molecular formula is C25H23F4N5O2. The fraction of sp³-hybridized carbons (Fsp3) is 0.320. The molecule has 0 spiro atoms. The number of carbonyl (C=O) groups is 2. The van der Waals surface area contributed by atoms with Crippen LogP contribution in [0.15, 0.2) is 42.5 Å². The third-order valence-electron chi connectivity index (χ3n) is 6.58. The highest BCUT2D eigenvalue weighted by atomic mass is 19.4. The second-order valence-electron chi connectivity index (χ2n) is 8.79. The summed E-state index contributed by atoms with van der Waals surface area (Å²) in [7, 11) is 0. The summed E-state index contributed by atoms with van der Waals surface area (Å²) in [5, 5.41) is 3.74. The third-order valence-corrected chi connectivity index (χ3v) is 6.58. The van der Waals surface area contributed by atoms with E-state index in [-0.39, 0.29) is 47.9 Å². The number of nitrogens with zero attached hydrogens (tertiary/aromatic N) is 4. The number of piperidine rings is 1. The molecule has 5 rings (SSSR count). The van der Waals surface area contributed by atoms with Crippen LogP contribution in [0.2, 0.25) is 0 Å². The fourth-order valence-corrected chi connectivity index (χ4v) is 4.76. The number of fused-ring (bicyclic) bond motifs is 1. The van der Waals surface area contributed by atoms with Crippen LogP contribution in [-0.2, 0) is 23.9 Å². The first-order valence-electron chi connectivity index (χ1n) is 11.6. The van der Waals surface area contributed by atoms with E-state index in [0.717, 1.165) is 23.6 Å². The summed E-state index contributed by atoms with van der Waals surface area (Å²) in [6, 6.07) is 10.5. The first-order chi connectivity index (χ1) is 17.2. The minimum Gasteiger partial charge on any atom is -0.326 e. The van der Waals surface area contributed by atoms with Crippen molar-refractivity contribution in [2.45, 2.75) is 38.4 Å². The zero-order chi connectivity index (χ0) is 25.6. The molecule has 188 valence electrons. The van der Waals surface area contributed by atoms with Gasteiger partial charge in [0.15, 0.2) is 5.69 Å². The van der Waals surface area contributed by atoms with Gasteiger partial charge in [-0.15, -0.1) is 0 Å². The fourth-order valence-electron chi connectivity index (χ4n) is 4.76. The number of anilines is 2. The van der Waals surface area contributed by atoms with Gasteiger partial charge in [-0.1, -0.05) is 0 Å². The second kappa shape index (κ2) is 9.05. The Morgan fingerprint density at radius 1 is 0.889 bits per heavy atom. The van der Waals surface area contributed by atoms with E-state index in [0.29, 0.717) is 24.3 Å². The van der Waals surface area contributed by atoms with Crippen LogP contribution in [0.1, 0.15) is 46.6 Å². The number of nitrogens with two attached hydrogens (primary N) is 1. The van der Waals surface area contributed by atoms with Gasteiger partial charge in [0.25, 0.3) is 5.91 Å². The van der Waals surface area contributed by atoms with Crippen LogP contribution in [0, 0.1) is 5.82 Å². The van der Waals surface area contributed by atoms with Crippen molar-refractivity contribution >= 4 is 23.2 Å². The van der Waals surface area contributed by atoms with Gasteiger partial charge < -0.3 is 15.5 Å². The monoisotopic (exact) mass is 501 g/mol. The van der Waals surface area contributed by atoms with E-state index in [2.05, 4.69) is 5.10 Å². The molecule has 36 heavy (non-hydrogen) atoms. The van der Waals surface area contributed by atoms with E-state index in [1.165, 1.54) is 17.0 Å². The number of alkyl halides is 3. The van der Waals surface area contributed by atoms with Crippen molar-refractivity contribution < 1.29 is 27.2 Å². The molecule has 2 N–H and O–H groups in total. The number of benzene rings is 2. The van der Waals surface area contributed by atoms with Crippen LogP contribution in [0.5, 0.6) is 0 Å². The van der Waals surface area contributed by atoms with Crippen molar-refractivity contribution in [3.8, 4) is 5.69 Å². The maximum absolute atomic E-state index is 14.0. The van der Waals surface area contributed by atoms with Gasteiger partial charge in [0.05, 0.1) is 5.69 Å². The summed E-state index contributed by atoms with van der Waals surface area (Å²) < 4.78 is 56.3. The van der Waals surface area contributed by atoms with Crippen LogP contribution in [-0.4, -0.2) is 34.7 Å². The van der Waals surface area contributed by atoms with Gasteiger partial charge in [0.1, 0.15) is 11.5 Å². The van der Waals surface area contributed by atoms with Crippen molar-refractivity contribution in [2.24, 2.45) is 5.73 Å². The lowest BCUT2D eigenvalue weighted by Crippen LogP contribution is -2.39. The Kier molecular flexibility index (Phi) is 6.03. The number of aromatic nitrogens is 2. The molecule has 7 nitrogen and oxygen atoms in total. The number of hydrogen-bond donors (Lipinski definition) is 1. The van der Waals surface area contributed by atoms with Gasteiger partial charge in [-0.3, -0.25) is 9.59 Å². The largest absolute Gasteiger partial charge is 0.435 e. The summed E-state index contributed by atoms with van der Waals surface area (Å²) in [5.74, 6) is -1.22. The van der Waals surface area contributed by atoms with E-state index in [1.54, 1.807) is 29.2 Å². The van der Waals surface area contributed by atoms with Crippen LogP contribution in [0.25, 0.3) is 5.69 Å². The molecule has 3 aromatic rings. The lowest BCUT2D eigenvalue weighted by molar-refractivity contribution is -0.142. The predicted octanol–water partition coefficient (Wildman–Crippen LogP) is 4.21. The highest BCUT2D eigenvalue weighted by molar-refractivity contribution is 6.08. The average Bonchev–Trinajstić information content (AvgIpc) is 3.26. The van der Waals surface area contributed by atoms with Crippen LogP contribution < -0.4 is 15.5 Å². The van der Waals surface area contributed by atoms with Gasteiger partial charge in [0, 0.05) is 48.6 Å². The smallest absolute Gasteiger partial charge is 0.326 e. The maximum atomic E-state index is 14.0. The van der Waals surface area contributed by atoms with Crippen molar-refractivity contribution in [3.05, 3.63) is 70.8 Å². The third kappa shape index (κ3) is 4.13. The van der Waals surface area contributed by atoms with Gasteiger partial charge in [0.2, 0.25) is 5.91 Å². The van der Waals surface area contributed by atoms with Crippen molar-refractivity contribution in [3.63, 3.8) is 0 Å². The van der Waals surface area contributed by atoms with Gasteiger partial charge in [-0.2, -0.15) is 18.3 Å². The molecule has 0 unspecified atom stereocenters. The van der Waals surface area contributed by atoms with E-state index < -0.39 is 23.6 Å². The molecule has 2 aliphatic heterocycles. The van der Waals surface area contributed by atoms with Gasteiger partial charge in [-0.25, -0.2) is 9.07 Å². The Balaban J connectivity index is 1.53. The number of carbonyl (C=O) groups excluding carboxylic acids is 2. The molecule has 0 atom stereocenters. The van der Waals surface area contributed by atoms with Gasteiger partial charge >= 0.3 is 6.18 Å². The molecule has 2 aromatic carbocycles. The highest BCUT2D eigenvalue weighted by Gasteiger charge is 2.43. The lowest BCUT2D eigenvalue weighted by atomic mass is 10.0. The number of halogens is 4. The Hall–Kier alpha value is -3.73. The molecule has 1 fully saturated rings. The number of hydrogen-bond acceptors (Lipinski definition) is 4. The SMILES string of the molecule is NCc1cc(-n2nc(C(F)(F)F)c3c2C(=O)N(c2ccc(N4CCCCC4=O)cc2)CC3)ccc1F. The Morgan fingerprint density at radius 3 is 2.19 bits per heavy atom. The zero-order valence-electron chi connectivity index (χ0n) is 19.2. The van der Waals surface area contributed by atoms with E-state index in [9.17, 15) is 27.2 Å². The zero-order valence-corrected chi connectivity index (χ0v) is 19.2. The first-order valence-corrected chi connectivity index (χ1v) is 11.6. The standard InChI is InChI=1S/C25H23F4N5O2/c26-20-9-8-18(13-15(20)14-30)34-22-19(23(31-34)25(27,28)29)10-12-33(24(22)36)17-6-4-16(5-7-17)32-11-2-1-3-21(32)35/h4-9,13H,1-3,10-12,14,30H2. The highest BCUT2D eigenvalue weighted by Crippen LogP contribution is 2.37. The molecule has 11 heteroatoms. The van der Waals surface area contributed by atoms with Crippen molar-refractivity contribution in [2.75, 3.05) is 22.9 Å². The molecule has 1 aromatic heterocycles. The summed E-state index contributed by atoms with van der Waals surface area (Å²) in [6.07, 6.45) is -2.59. The van der Waals surface area contributed by atoms with Crippen molar-refractivity contribution in [1.29, 1.82) is 0 Å². The maximum Gasteiger partial charge on any atom is 0.435 e. The summed E-state index contributed by atoms with van der Waals surface area (Å²) >= 11 is 0. The number of amides is 2. The molecule has 2 aliphatic rings. The Labute approximate surface area is 204 Å². The molecule has 1 saturated heterocycles. The second-order valence-corrected chi connectivity index (χ2v) is 8.79. The molecular weight excluding hydrogens is 478 g/mol. The van der Waals surface area contributed by atoms with E-state index in [1.807, 2.05) is 0 Å². The predicted molar refractivity (Wildman–Crippen MR) is 124 cm³/mol. The first kappa shape index (κ1) is 24.0. The van der Waals surface area contributed by atoms with E-state index >= 15 is 0 Å².